The highest BCUT2D eigenvalue weighted by molar-refractivity contribution is 5.48. The van der Waals surface area contributed by atoms with Crippen molar-refractivity contribution in [2.24, 2.45) is 11.8 Å². The Balaban J connectivity index is 1.63. The molecule has 1 saturated carbocycles. The lowest BCUT2D eigenvalue weighted by molar-refractivity contribution is 0.311. The van der Waals surface area contributed by atoms with Crippen LogP contribution in [0.5, 0.6) is 0 Å². The number of rotatable bonds is 5. The van der Waals surface area contributed by atoms with E-state index >= 15 is 0 Å². The molecule has 2 fully saturated rings. The molecule has 122 valence electrons. The SMILES string of the molecule is CCC1CC(NCC2CCCC2)CN(c2ccccc2F)C1. The number of nitrogens with one attached hydrogen (secondary N) is 1. The highest BCUT2D eigenvalue weighted by Crippen LogP contribution is 2.28. The number of hydrogen-bond donors (Lipinski definition) is 1. The van der Waals surface area contributed by atoms with Crippen molar-refractivity contribution in [3.8, 4) is 0 Å². The molecule has 1 N–H and O–H groups in total. The molecule has 2 aliphatic rings. The maximum atomic E-state index is 14.1. The molecule has 1 aliphatic heterocycles. The van der Waals surface area contributed by atoms with Crippen LogP contribution in [0, 0.1) is 17.7 Å². The molecule has 3 heteroatoms. The van der Waals surface area contributed by atoms with Crippen molar-refractivity contribution in [1.82, 2.24) is 5.32 Å². The maximum absolute atomic E-state index is 14.1. The Morgan fingerprint density at radius 2 is 1.91 bits per heavy atom. The largest absolute Gasteiger partial charge is 0.367 e. The van der Waals surface area contributed by atoms with Crippen LogP contribution >= 0.6 is 0 Å². The van der Waals surface area contributed by atoms with E-state index in [2.05, 4.69) is 17.1 Å². The predicted molar refractivity (Wildman–Crippen MR) is 90.8 cm³/mol. The average molecular weight is 304 g/mol. The second-order valence-corrected chi connectivity index (χ2v) is 7.12. The zero-order valence-electron chi connectivity index (χ0n) is 13.7. The molecule has 1 aromatic rings. The summed E-state index contributed by atoms with van der Waals surface area (Å²) in [6.45, 7) is 5.32. The molecular weight excluding hydrogens is 275 g/mol. The molecule has 1 saturated heterocycles. The quantitative estimate of drug-likeness (QED) is 0.876. The first-order valence-electron chi connectivity index (χ1n) is 8.99. The van der Waals surface area contributed by atoms with Crippen LogP contribution in [-0.2, 0) is 0 Å². The molecule has 2 unspecified atom stereocenters. The number of benzene rings is 1. The first-order chi connectivity index (χ1) is 10.8. The summed E-state index contributed by atoms with van der Waals surface area (Å²) in [7, 11) is 0. The van der Waals surface area contributed by atoms with Crippen LogP contribution in [0.25, 0.3) is 0 Å². The number of halogens is 1. The van der Waals surface area contributed by atoms with E-state index in [4.69, 9.17) is 0 Å². The van der Waals surface area contributed by atoms with Crippen LogP contribution < -0.4 is 10.2 Å². The van der Waals surface area contributed by atoms with E-state index in [0.29, 0.717) is 12.0 Å². The van der Waals surface area contributed by atoms with E-state index in [0.717, 1.165) is 31.2 Å². The summed E-state index contributed by atoms with van der Waals surface area (Å²) < 4.78 is 14.1. The second-order valence-electron chi connectivity index (χ2n) is 7.12. The van der Waals surface area contributed by atoms with Gasteiger partial charge < -0.3 is 10.2 Å². The van der Waals surface area contributed by atoms with Crippen molar-refractivity contribution in [1.29, 1.82) is 0 Å². The van der Waals surface area contributed by atoms with Crippen LogP contribution in [0.1, 0.15) is 45.4 Å². The van der Waals surface area contributed by atoms with Crippen LogP contribution in [-0.4, -0.2) is 25.7 Å². The van der Waals surface area contributed by atoms with Gasteiger partial charge in [0.1, 0.15) is 5.82 Å². The minimum absolute atomic E-state index is 0.0891. The van der Waals surface area contributed by atoms with Crippen molar-refractivity contribution < 1.29 is 4.39 Å². The third-order valence-electron chi connectivity index (χ3n) is 5.48. The molecule has 0 spiro atoms. The molecule has 0 radical (unpaired) electrons. The van der Waals surface area contributed by atoms with Gasteiger partial charge in [0.2, 0.25) is 0 Å². The fourth-order valence-corrected chi connectivity index (χ4v) is 4.10. The number of hydrogen-bond acceptors (Lipinski definition) is 2. The molecule has 1 aromatic carbocycles. The monoisotopic (exact) mass is 304 g/mol. The van der Waals surface area contributed by atoms with Crippen LogP contribution in [0.15, 0.2) is 24.3 Å². The number of anilines is 1. The lowest BCUT2D eigenvalue weighted by Crippen LogP contribution is -2.50. The van der Waals surface area contributed by atoms with Gasteiger partial charge in [0.05, 0.1) is 5.69 Å². The van der Waals surface area contributed by atoms with Crippen LogP contribution in [0.2, 0.25) is 0 Å². The summed E-state index contributed by atoms with van der Waals surface area (Å²) in [5.74, 6) is 1.44. The predicted octanol–water partition coefficient (Wildman–Crippen LogP) is 4.21. The van der Waals surface area contributed by atoms with E-state index in [1.807, 2.05) is 12.1 Å². The summed E-state index contributed by atoms with van der Waals surface area (Å²) in [6, 6.07) is 7.71. The van der Waals surface area contributed by atoms with Crippen molar-refractivity contribution >= 4 is 5.69 Å². The van der Waals surface area contributed by atoms with Crippen LogP contribution in [0.4, 0.5) is 10.1 Å². The fraction of sp³-hybridized carbons (Fsp3) is 0.684. The minimum atomic E-state index is -0.0891. The van der Waals surface area contributed by atoms with Crippen molar-refractivity contribution in [3.05, 3.63) is 30.1 Å². The van der Waals surface area contributed by atoms with E-state index in [-0.39, 0.29) is 5.82 Å². The standard InChI is InChI=1S/C19H29FN2/c1-2-15-11-17(21-12-16-7-3-4-8-16)14-22(13-15)19-10-6-5-9-18(19)20/h5-6,9-10,15-17,21H,2-4,7-8,11-14H2,1H3. The summed E-state index contributed by atoms with van der Waals surface area (Å²) in [5, 5.41) is 3.78. The summed E-state index contributed by atoms with van der Waals surface area (Å²) >= 11 is 0. The number of nitrogens with zero attached hydrogens (tertiary/aromatic N) is 1. The highest BCUT2D eigenvalue weighted by atomic mass is 19.1. The molecule has 22 heavy (non-hydrogen) atoms. The fourth-order valence-electron chi connectivity index (χ4n) is 4.10. The van der Waals surface area contributed by atoms with Crippen molar-refractivity contribution in [2.45, 2.75) is 51.5 Å². The lowest BCUT2D eigenvalue weighted by atomic mass is 9.91. The third kappa shape index (κ3) is 3.81. The van der Waals surface area contributed by atoms with Gasteiger partial charge in [0, 0.05) is 19.1 Å². The Bertz CT molecular complexity index is 470. The van der Waals surface area contributed by atoms with Crippen molar-refractivity contribution in [2.75, 3.05) is 24.5 Å². The van der Waals surface area contributed by atoms with Gasteiger partial charge in [-0.15, -0.1) is 0 Å². The first-order valence-corrected chi connectivity index (χ1v) is 8.99. The van der Waals surface area contributed by atoms with Gasteiger partial charge in [-0.25, -0.2) is 4.39 Å². The van der Waals surface area contributed by atoms with Gasteiger partial charge in [-0.05, 0) is 49.8 Å². The summed E-state index contributed by atoms with van der Waals surface area (Å²) in [5.41, 5.74) is 0.772. The Kier molecular flexibility index (Phi) is 5.35. The topological polar surface area (TPSA) is 15.3 Å². The third-order valence-corrected chi connectivity index (χ3v) is 5.48. The lowest BCUT2D eigenvalue weighted by Gasteiger charge is -2.39. The van der Waals surface area contributed by atoms with E-state index in [1.165, 1.54) is 38.5 Å². The molecular formula is C19H29FN2. The molecule has 1 aliphatic carbocycles. The highest BCUT2D eigenvalue weighted by Gasteiger charge is 2.28. The molecule has 0 amide bonds. The number of piperidine rings is 1. The Morgan fingerprint density at radius 1 is 1.14 bits per heavy atom. The minimum Gasteiger partial charge on any atom is -0.367 e. The maximum Gasteiger partial charge on any atom is 0.146 e. The van der Waals surface area contributed by atoms with Gasteiger partial charge in [0.15, 0.2) is 0 Å². The van der Waals surface area contributed by atoms with Gasteiger partial charge in [-0.1, -0.05) is 38.3 Å². The zero-order valence-corrected chi connectivity index (χ0v) is 13.7. The Morgan fingerprint density at radius 3 is 2.64 bits per heavy atom. The zero-order chi connectivity index (χ0) is 15.4. The number of para-hydroxylation sites is 1. The first kappa shape index (κ1) is 15.8. The summed E-state index contributed by atoms with van der Waals surface area (Å²) in [4.78, 5) is 2.25. The van der Waals surface area contributed by atoms with Gasteiger partial charge >= 0.3 is 0 Å². The van der Waals surface area contributed by atoms with Gasteiger partial charge in [-0.3, -0.25) is 0 Å². The average Bonchev–Trinajstić information content (AvgIpc) is 3.06. The van der Waals surface area contributed by atoms with E-state index in [1.54, 1.807) is 12.1 Å². The molecule has 3 rings (SSSR count). The molecule has 0 bridgehead atoms. The molecule has 1 heterocycles. The van der Waals surface area contributed by atoms with Crippen LogP contribution in [0.3, 0.4) is 0 Å². The Hall–Kier alpha value is -1.09. The smallest absolute Gasteiger partial charge is 0.146 e. The Labute approximate surface area is 134 Å². The second kappa shape index (κ2) is 7.45. The van der Waals surface area contributed by atoms with E-state index < -0.39 is 0 Å². The molecule has 2 nitrogen and oxygen atoms in total. The van der Waals surface area contributed by atoms with Crippen molar-refractivity contribution in [3.63, 3.8) is 0 Å². The van der Waals surface area contributed by atoms with Gasteiger partial charge in [0.25, 0.3) is 0 Å². The summed E-state index contributed by atoms with van der Waals surface area (Å²) in [6.07, 6.45) is 7.97. The van der Waals surface area contributed by atoms with Gasteiger partial charge in [-0.2, -0.15) is 0 Å². The molecule has 2 atom stereocenters. The normalized spacial score (nSPS) is 26.5. The van der Waals surface area contributed by atoms with E-state index in [9.17, 15) is 4.39 Å². The molecule has 0 aromatic heterocycles.